The molecule has 2 aromatic carbocycles. The third-order valence-corrected chi connectivity index (χ3v) is 5.77. The molecule has 0 aliphatic rings. The molecule has 0 spiro atoms. The third kappa shape index (κ3) is 4.71. The van der Waals surface area contributed by atoms with Crippen molar-refractivity contribution in [3.8, 4) is 0 Å². The predicted molar refractivity (Wildman–Crippen MR) is 134 cm³/mol. The summed E-state index contributed by atoms with van der Waals surface area (Å²) in [5.41, 5.74) is 16.4. The van der Waals surface area contributed by atoms with E-state index in [2.05, 4.69) is 20.3 Å². The van der Waals surface area contributed by atoms with Gasteiger partial charge in [-0.15, -0.1) is 0 Å². The van der Waals surface area contributed by atoms with Crippen molar-refractivity contribution in [1.82, 2.24) is 15.3 Å². The zero-order valence-electron chi connectivity index (χ0n) is 19.0. The molecule has 4 aromatic rings. The lowest BCUT2D eigenvalue weighted by atomic mass is 9.96. The first-order valence-corrected chi connectivity index (χ1v) is 10.8. The Morgan fingerprint density at radius 2 is 1.97 bits per heavy atom. The lowest BCUT2D eigenvalue weighted by molar-refractivity contribution is -0.117. The first kappa shape index (κ1) is 22.8. The van der Waals surface area contributed by atoms with Gasteiger partial charge >= 0.3 is 0 Å². The highest BCUT2D eigenvalue weighted by Gasteiger charge is 2.12. The average molecular weight is 457 g/mol. The van der Waals surface area contributed by atoms with Crippen LogP contribution < -0.4 is 16.8 Å². The Labute approximate surface area is 196 Å². The summed E-state index contributed by atoms with van der Waals surface area (Å²) in [6.07, 6.45) is 4.33. The van der Waals surface area contributed by atoms with Crippen molar-refractivity contribution in [3.63, 3.8) is 0 Å². The maximum atomic E-state index is 13.3. The van der Waals surface area contributed by atoms with Crippen LogP contribution in [0.5, 0.6) is 0 Å². The number of nitrogens with two attached hydrogens (primary N) is 2. The van der Waals surface area contributed by atoms with Gasteiger partial charge in [0.05, 0.1) is 23.3 Å². The number of hydrogen-bond acceptors (Lipinski definition) is 6. The minimum absolute atomic E-state index is 0.243. The fourth-order valence-electron chi connectivity index (χ4n) is 3.91. The molecule has 2 aromatic heterocycles. The van der Waals surface area contributed by atoms with E-state index in [-0.39, 0.29) is 23.8 Å². The second-order valence-electron chi connectivity index (χ2n) is 8.00. The number of aromatic nitrogens is 2. The number of nitrogen functional groups attached to an aromatic ring is 1. The smallest absolute Gasteiger partial charge is 0.254 e. The molecule has 8 heteroatoms. The Hall–Kier alpha value is -4.33. The van der Waals surface area contributed by atoms with Gasteiger partial charge in [-0.2, -0.15) is 0 Å². The van der Waals surface area contributed by atoms with Crippen LogP contribution in [0.1, 0.15) is 22.4 Å². The van der Waals surface area contributed by atoms with E-state index in [9.17, 15) is 9.18 Å². The summed E-state index contributed by atoms with van der Waals surface area (Å²) in [5, 5.41) is 5.53. The Balaban J connectivity index is 1.43. The third-order valence-electron chi connectivity index (χ3n) is 5.77. The first-order chi connectivity index (χ1) is 16.4. The number of hydrogen-bond donors (Lipinski definition) is 3. The number of rotatable bonds is 6. The lowest BCUT2D eigenvalue weighted by Gasteiger charge is -2.15. The van der Waals surface area contributed by atoms with Gasteiger partial charge in [0.1, 0.15) is 11.6 Å². The Kier molecular flexibility index (Phi) is 6.49. The van der Waals surface area contributed by atoms with Crippen LogP contribution in [0.25, 0.3) is 21.7 Å². The van der Waals surface area contributed by atoms with Crippen LogP contribution in [0.2, 0.25) is 0 Å². The zero-order chi connectivity index (χ0) is 24.2. The molecule has 0 bridgehead atoms. The predicted octanol–water partition coefficient (Wildman–Crippen LogP) is 3.85. The van der Waals surface area contributed by atoms with Gasteiger partial charge in [0.15, 0.2) is 0 Å². The summed E-state index contributed by atoms with van der Waals surface area (Å²) in [5.74, 6) is -0.155. The topological polar surface area (TPSA) is 119 Å². The average Bonchev–Trinajstić information content (AvgIpc) is 2.82. The van der Waals surface area contributed by atoms with E-state index in [1.807, 2.05) is 26.0 Å². The fourth-order valence-corrected chi connectivity index (χ4v) is 3.91. The zero-order valence-corrected chi connectivity index (χ0v) is 19.0. The minimum atomic E-state index is -0.332. The molecule has 0 unspecified atom stereocenters. The molecule has 1 amide bonds. The molecule has 0 saturated carbocycles. The normalized spacial score (nSPS) is 12.0. The second-order valence-corrected chi connectivity index (χ2v) is 8.00. The summed E-state index contributed by atoms with van der Waals surface area (Å²) < 4.78 is 13.3. The van der Waals surface area contributed by atoms with Crippen molar-refractivity contribution in [1.29, 1.82) is 0 Å². The van der Waals surface area contributed by atoms with E-state index in [1.165, 1.54) is 24.5 Å². The van der Waals surface area contributed by atoms with Crippen LogP contribution in [-0.2, 0) is 17.9 Å². The number of carbonyl (C=O) groups is 1. The van der Waals surface area contributed by atoms with Crippen molar-refractivity contribution >= 4 is 39.6 Å². The number of anilines is 1. The van der Waals surface area contributed by atoms with Crippen molar-refractivity contribution in [2.24, 2.45) is 10.7 Å². The van der Waals surface area contributed by atoms with Crippen molar-refractivity contribution < 1.29 is 9.18 Å². The van der Waals surface area contributed by atoms with E-state index in [0.717, 1.165) is 27.5 Å². The molecule has 0 aliphatic carbocycles. The number of aliphatic imine (C=N–C) groups is 1. The van der Waals surface area contributed by atoms with Crippen molar-refractivity contribution in [2.45, 2.75) is 26.9 Å². The van der Waals surface area contributed by atoms with Gasteiger partial charge in [0.2, 0.25) is 0 Å². The SMILES string of the molecule is Cc1cc2c(N)nccc2c(C)c1CNC(=O)/C(C=NCc1ccc2cc(F)ccc2n1)=C/N. The van der Waals surface area contributed by atoms with Crippen LogP contribution in [0.3, 0.4) is 0 Å². The highest BCUT2D eigenvalue weighted by molar-refractivity contribution is 6.12. The van der Waals surface area contributed by atoms with Gasteiger partial charge in [-0.05, 0) is 72.3 Å². The maximum Gasteiger partial charge on any atom is 0.254 e. The molecule has 34 heavy (non-hydrogen) atoms. The summed E-state index contributed by atoms with van der Waals surface area (Å²) in [4.78, 5) is 25.6. The first-order valence-electron chi connectivity index (χ1n) is 10.8. The van der Waals surface area contributed by atoms with Crippen LogP contribution >= 0.6 is 0 Å². The van der Waals surface area contributed by atoms with Crippen LogP contribution in [0.4, 0.5) is 10.2 Å². The Morgan fingerprint density at radius 3 is 2.76 bits per heavy atom. The molecule has 0 fully saturated rings. The van der Waals surface area contributed by atoms with E-state index in [0.29, 0.717) is 29.0 Å². The molecule has 2 heterocycles. The highest BCUT2D eigenvalue weighted by Crippen LogP contribution is 2.27. The number of carbonyl (C=O) groups excluding carboxylic acids is 1. The van der Waals surface area contributed by atoms with E-state index in [4.69, 9.17) is 11.5 Å². The molecule has 172 valence electrons. The summed E-state index contributed by atoms with van der Waals surface area (Å²) in [6, 6.07) is 11.9. The number of fused-ring (bicyclic) bond motifs is 2. The molecular weight excluding hydrogens is 431 g/mol. The molecule has 4 rings (SSSR count). The van der Waals surface area contributed by atoms with Crippen molar-refractivity contribution in [3.05, 3.63) is 88.6 Å². The standard InChI is InChI=1S/C26H25FN6O/c1-15-9-22-21(7-8-31-25(22)29)16(2)23(15)14-32-26(34)18(11-28)12-30-13-20-5-3-17-10-19(27)4-6-24(17)33-20/h3-12H,13-14,28H2,1-2H3,(H2,29,31)(H,32,34)/b18-11+,30-12?. The number of amides is 1. The monoisotopic (exact) mass is 456 g/mol. The largest absolute Gasteiger partial charge is 0.404 e. The van der Waals surface area contributed by atoms with Gasteiger partial charge in [-0.25, -0.2) is 9.37 Å². The van der Waals surface area contributed by atoms with Gasteiger partial charge < -0.3 is 16.8 Å². The van der Waals surface area contributed by atoms with Crippen LogP contribution in [0, 0.1) is 19.7 Å². The summed E-state index contributed by atoms with van der Waals surface area (Å²) in [7, 11) is 0. The van der Waals surface area contributed by atoms with Gasteiger partial charge in [-0.1, -0.05) is 6.07 Å². The fraction of sp³-hybridized carbons (Fsp3) is 0.154. The molecule has 5 N–H and O–H groups in total. The van der Waals surface area contributed by atoms with Crippen LogP contribution in [-0.4, -0.2) is 22.1 Å². The molecule has 0 radical (unpaired) electrons. The summed E-state index contributed by atoms with van der Waals surface area (Å²) in [6.45, 7) is 4.58. The number of aryl methyl sites for hydroxylation is 2. The van der Waals surface area contributed by atoms with Gasteiger partial charge in [0.25, 0.3) is 5.91 Å². The number of halogens is 1. The highest BCUT2D eigenvalue weighted by atomic mass is 19.1. The quantitative estimate of drug-likeness (QED) is 0.301. The van der Waals surface area contributed by atoms with Crippen molar-refractivity contribution in [2.75, 3.05) is 5.73 Å². The number of nitrogens with zero attached hydrogens (tertiary/aromatic N) is 3. The lowest BCUT2D eigenvalue weighted by Crippen LogP contribution is -2.26. The Bertz CT molecular complexity index is 1460. The molecule has 7 nitrogen and oxygen atoms in total. The van der Waals surface area contributed by atoms with E-state index >= 15 is 0 Å². The van der Waals surface area contributed by atoms with E-state index in [1.54, 1.807) is 24.4 Å². The van der Waals surface area contributed by atoms with Crippen LogP contribution in [0.15, 0.2) is 65.4 Å². The van der Waals surface area contributed by atoms with E-state index < -0.39 is 0 Å². The number of benzene rings is 2. The number of pyridine rings is 2. The summed E-state index contributed by atoms with van der Waals surface area (Å²) >= 11 is 0. The second kappa shape index (κ2) is 9.66. The molecule has 0 atom stereocenters. The molecule has 0 saturated heterocycles. The minimum Gasteiger partial charge on any atom is -0.404 e. The molecular formula is C26H25FN6O. The number of nitrogens with one attached hydrogen (secondary N) is 1. The molecule has 0 aliphatic heterocycles. The Morgan fingerprint density at radius 1 is 1.15 bits per heavy atom. The van der Waals surface area contributed by atoms with Gasteiger partial charge in [0, 0.05) is 35.9 Å². The van der Waals surface area contributed by atoms with Gasteiger partial charge in [-0.3, -0.25) is 14.8 Å². The maximum absolute atomic E-state index is 13.3.